The average Bonchev–Trinajstić information content (AvgIpc) is 3.08. The van der Waals surface area contributed by atoms with Crippen LogP contribution in [0.3, 0.4) is 0 Å². The highest BCUT2D eigenvalue weighted by atomic mass is 16.5. The molecule has 0 unspecified atom stereocenters. The molecule has 2 aromatic rings. The minimum atomic E-state index is -0.0940. The number of aryl methyl sites for hydroxylation is 1. The van der Waals surface area contributed by atoms with E-state index in [-0.39, 0.29) is 5.91 Å². The minimum absolute atomic E-state index is 0.0940. The van der Waals surface area contributed by atoms with Gasteiger partial charge < -0.3 is 9.84 Å². The highest BCUT2D eigenvalue weighted by Crippen LogP contribution is 2.24. The van der Waals surface area contributed by atoms with Gasteiger partial charge >= 0.3 is 0 Å². The van der Waals surface area contributed by atoms with Crippen molar-refractivity contribution in [1.82, 2.24) is 10.5 Å². The molecule has 0 radical (unpaired) electrons. The molecule has 1 heterocycles. The van der Waals surface area contributed by atoms with Gasteiger partial charge in [-0.15, -0.1) is 0 Å². The number of carbonyl (C=O) groups is 1. The minimum Gasteiger partial charge on any atom is -0.360 e. The largest absolute Gasteiger partial charge is 0.360 e. The Morgan fingerprint density at radius 3 is 2.15 bits per heavy atom. The van der Waals surface area contributed by atoms with Crippen molar-refractivity contribution in [2.75, 3.05) is 6.54 Å². The first kappa shape index (κ1) is 21.2. The Kier molecular flexibility index (Phi) is 9.67. The molecule has 0 atom stereocenters. The highest BCUT2D eigenvalue weighted by Gasteiger charge is 2.20. The van der Waals surface area contributed by atoms with Gasteiger partial charge in [0.15, 0.2) is 0 Å². The average molecular weight is 371 g/mol. The lowest BCUT2D eigenvalue weighted by Gasteiger charge is -2.06. The molecule has 0 saturated heterocycles. The first-order valence-corrected chi connectivity index (χ1v) is 10.5. The molecule has 1 aromatic carbocycles. The predicted octanol–water partition coefficient (Wildman–Crippen LogP) is 6.30. The third-order valence-electron chi connectivity index (χ3n) is 4.95. The maximum Gasteiger partial charge on any atom is 0.257 e. The molecule has 0 aliphatic heterocycles. The zero-order chi connectivity index (χ0) is 19.3. The maximum absolute atomic E-state index is 12.6. The van der Waals surface area contributed by atoms with Crippen LogP contribution in [0.4, 0.5) is 0 Å². The summed E-state index contributed by atoms with van der Waals surface area (Å²) in [5.41, 5.74) is 2.07. The van der Waals surface area contributed by atoms with Gasteiger partial charge in [0.1, 0.15) is 17.0 Å². The van der Waals surface area contributed by atoms with Crippen LogP contribution in [0.5, 0.6) is 0 Å². The number of amides is 1. The fourth-order valence-corrected chi connectivity index (χ4v) is 3.34. The van der Waals surface area contributed by atoms with E-state index >= 15 is 0 Å². The van der Waals surface area contributed by atoms with Crippen LogP contribution in [-0.2, 0) is 0 Å². The molecule has 0 bridgehead atoms. The second-order valence-corrected chi connectivity index (χ2v) is 7.27. The van der Waals surface area contributed by atoms with Crippen molar-refractivity contribution < 1.29 is 9.32 Å². The van der Waals surface area contributed by atoms with E-state index in [1.807, 2.05) is 30.3 Å². The van der Waals surface area contributed by atoms with E-state index < -0.39 is 0 Å². The predicted molar refractivity (Wildman–Crippen MR) is 111 cm³/mol. The first-order chi connectivity index (χ1) is 13.2. The van der Waals surface area contributed by atoms with Crippen LogP contribution in [0.15, 0.2) is 34.9 Å². The smallest absolute Gasteiger partial charge is 0.257 e. The number of benzene rings is 1. The number of carbonyl (C=O) groups excluding carboxylic acids is 1. The molecule has 1 N–H and O–H groups in total. The van der Waals surface area contributed by atoms with Crippen LogP contribution >= 0.6 is 0 Å². The van der Waals surface area contributed by atoms with Crippen LogP contribution < -0.4 is 5.32 Å². The second kappa shape index (κ2) is 12.3. The van der Waals surface area contributed by atoms with Gasteiger partial charge in [-0.2, -0.15) is 0 Å². The van der Waals surface area contributed by atoms with Crippen molar-refractivity contribution in [3.8, 4) is 11.3 Å². The Morgan fingerprint density at radius 2 is 1.52 bits per heavy atom. The number of unbranched alkanes of at least 4 members (excludes halogenated alkanes) is 9. The van der Waals surface area contributed by atoms with E-state index in [1.165, 1.54) is 57.8 Å². The van der Waals surface area contributed by atoms with Gasteiger partial charge in [-0.3, -0.25) is 4.79 Å². The molecule has 0 fully saturated rings. The van der Waals surface area contributed by atoms with Crippen molar-refractivity contribution in [2.24, 2.45) is 0 Å². The van der Waals surface area contributed by atoms with Gasteiger partial charge in [0.2, 0.25) is 0 Å². The molecule has 0 saturated carbocycles. The van der Waals surface area contributed by atoms with Gasteiger partial charge in [0.25, 0.3) is 5.91 Å². The zero-order valence-corrected chi connectivity index (χ0v) is 16.9. The first-order valence-electron chi connectivity index (χ1n) is 10.5. The third kappa shape index (κ3) is 7.20. The zero-order valence-electron chi connectivity index (χ0n) is 16.9. The Hall–Kier alpha value is -2.10. The van der Waals surface area contributed by atoms with Gasteiger partial charge in [-0.1, -0.05) is 100 Å². The van der Waals surface area contributed by atoms with Crippen molar-refractivity contribution in [3.05, 3.63) is 41.7 Å². The number of rotatable bonds is 13. The van der Waals surface area contributed by atoms with E-state index in [9.17, 15) is 4.79 Å². The molecule has 1 amide bonds. The Labute approximate surface area is 163 Å². The van der Waals surface area contributed by atoms with E-state index in [0.717, 1.165) is 12.0 Å². The van der Waals surface area contributed by atoms with Gasteiger partial charge in [0, 0.05) is 12.1 Å². The van der Waals surface area contributed by atoms with Crippen molar-refractivity contribution in [1.29, 1.82) is 0 Å². The molecule has 2 rings (SSSR count). The Balaban J connectivity index is 1.65. The van der Waals surface area contributed by atoms with Crippen molar-refractivity contribution in [3.63, 3.8) is 0 Å². The van der Waals surface area contributed by atoms with E-state index in [2.05, 4.69) is 17.4 Å². The summed E-state index contributed by atoms with van der Waals surface area (Å²) in [5, 5.41) is 7.10. The molecule has 0 spiro atoms. The third-order valence-corrected chi connectivity index (χ3v) is 4.95. The van der Waals surface area contributed by atoms with Crippen LogP contribution in [-0.4, -0.2) is 17.6 Å². The van der Waals surface area contributed by atoms with Gasteiger partial charge in [-0.05, 0) is 13.3 Å². The van der Waals surface area contributed by atoms with Crippen LogP contribution in [0.2, 0.25) is 0 Å². The molecule has 0 aliphatic carbocycles. The molecule has 4 nitrogen and oxygen atoms in total. The van der Waals surface area contributed by atoms with Gasteiger partial charge in [-0.25, -0.2) is 0 Å². The lowest BCUT2D eigenvalue weighted by molar-refractivity contribution is 0.0952. The molecular formula is C23H34N2O2. The number of nitrogens with one attached hydrogen (secondary N) is 1. The summed E-state index contributed by atoms with van der Waals surface area (Å²) in [5.74, 6) is 0.470. The second-order valence-electron chi connectivity index (χ2n) is 7.27. The van der Waals surface area contributed by atoms with Crippen LogP contribution in [0.25, 0.3) is 11.3 Å². The molecule has 148 valence electrons. The molecule has 1 aromatic heterocycles. The fraction of sp³-hybridized carbons (Fsp3) is 0.565. The standard InChI is InChI=1S/C23H34N2O2/c1-3-4-5-6-7-8-9-10-11-15-18-24-23(26)21-19(2)27-25-22(21)20-16-13-12-14-17-20/h12-14,16-17H,3-11,15,18H2,1-2H3,(H,24,26). The highest BCUT2D eigenvalue weighted by molar-refractivity contribution is 6.00. The summed E-state index contributed by atoms with van der Waals surface area (Å²) in [4.78, 5) is 12.6. The molecular weight excluding hydrogens is 336 g/mol. The molecule has 4 heteroatoms. The summed E-state index contributed by atoms with van der Waals surface area (Å²) in [6, 6.07) is 9.70. The SMILES string of the molecule is CCCCCCCCCCCCNC(=O)c1c(-c2ccccc2)noc1C. The quantitative estimate of drug-likeness (QED) is 0.421. The number of nitrogens with zero attached hydrogens (tertiary/aromatic N) is 1. The normalized spacial score (nSPS) is 10.9. The topological polar surface area (TPSA) is 55.1 Å². The number of hydrogen-bond donors (Lipinski definition) is 1. The molecule has 0 aliphatic rings. The Bertz CT molecular complexity index is 664. The van der Waals surface area contributed by atoms with E-state index in [4.69, 9.17) is 4.52 Å². The Morgan fingerprint density at radius 1 is 0.926 bits per heavy atom. The van der Waals surface area contributed by atoms with E-state index in [1.54, 1.807) is 6.92 Å². The van der Waals surface area contributed by atoms with E-state index in [0.29, 0.717) is 23.6 Å². The summed E-state index contributed by atoms with van der Waals surface area (Å²) in [6.45, 7) is 4.74. The van der Waals surface area contributed by atoms with Crippen molar-refractivity contribution in [2.45, 2.75) is 78.1 Å². The lowest BCUT2D eigenvalue weighted by atomic mass is 10.1. The fourth-order valence-electron chi connectivity index (χ4n) is 3.34. The number of hydrogen-bond acceptors (Lipinski definition) is 3. The maximum atomic E-state index is 12.6. The monoisotopic (exact) mass is 370 g/mol. The lowest BCUT2D eigenvalue weighted by Crippen LogP contribution is -2.25. The number of aromatic nitrogens is 1. The van der Waals surface area contributed by atoms with Gasteiger partial charge in [0.05, 0.1) is 0 Å². The molecule has 27 heavy (non-hydrogen) atoms. The summed E-state index contributed by atoms with van der Waals surface area (Å²) >= 11 is 0. The van der Waals surface area contributed by atoms with Crippen molar-refractivity contribution >= 4 is 5.91 Å². The summed E-state index contributed by atoms with van der Waals surface area (Å²) in [6.07, 6.45) is 12.9. The summed E-state index contributed by atoms with van der Waals surface area (Å²) < 4.78 is 5.27. The summed E-state index contributed by atoms with van der Waals surface area (Å²) in [7, 11) is 0. The van der Waals surface area contributed by atoms with Crippen LogP contribution in [0, 0.1) is 6.92 Å². The van der Waals surface area contributed by atoms with Crippen LogP contribution in [0.1, 0.15) is 87.3 Å².